The molecule has 214 valence electrons. The monoisotopic (exact) mass is 538 g/mol. The van der Waals surface area contributed by atoms with Crippen LogP contribution in [0.15, 0.2) is 30.3 Å². The third-order valence-electron chi connectivity index (χ3n) is 8.62. The molecule has 2 atom stereocenters. The molecule has 1 N–H and O–H groups in total. The van der Waals surface area contributed by atoms with Crippen LogP contribution < -0.4 is 5.32 Å². The fourth-order valence-corrected chi connectivity index (χ4v) is 6.49. The molecule has 3 fully saturated rings. The number of hydrogen-bond acceptors (Lipinski definition) is 4. The Morgan fingerprint density at radius 3 is 2.31 bits per heavy atom. The summed E-state index contributed by atoms with van der Waals surface area (Å²) in [7, 11) is 0. The molecule has 1 saturated carbocycles. The highest BCUT2D eigenvalue weighted by Crippen LogP contribution is 2.27. The molecule has 2 aliphatic heterocycles. The summed E-state index contributed by atoms with van der Waals surface area (Å²) in [6, 6.07) is 10.1. The minimum absolute atomic E-state index is 0.00187. The lowest BCUT2D eigenvalue weighted by atomic mass is 9.88. The van der Waals surface area contributed by atoms with Gasteiger partial charge in [-0.2, -0.15) is 0 Å². The summed E-state index contributed by atoms with van der Waals surface area (Å²) >= 11 is 0. The highest BCUT2D eigenvalue weighted by molar-refractivity contribution is 6.36. The van der Waals surface area contributed by atoms with Gasteiger partial charge in [0.15, 0.2) is 0 Å². The third-order valence-corrected chi connectivity index (χ3v) is 8.62. The van der Waals surface area contributed by atoms with Crippen LogP contribution in [-0.4, -0.2) is 83.1 Å². The van der Waals surface area contributed by atoms with Gasteiger partial charge in [0.05, 0.1) is 6.04 Å². The molecule has 1 aliphatic carbocycles. The Morgan fingerprint density at radius 2 is 1.59 bits per heavy atom. The number of unbranched alkanes of at least 4 members (excludes halogenated alkanes) is 1. The van der Waals surface area contributed by atoms with Crippen LogP contribution in [0.5, 0.6) is 0 Å². The van der Waals surface area contributed by atoms with Crippen molar-refractivity contribution in [1.29, 1.82) is 0 Å². The second kappa shape index (κ2) is 13.9. The Kier molecular flexibility index (Phi) is 10.4. The largest absolute Gasteiger partial charge is 0.346 e. The molecule has 0 aromatic heterocycles. The van der Waals surface area contributed by atoms with Gasteiger partial charge in [-0.1, -0.05) is 63.4 Å². The van der Waals surface area contributed by atoms with Crippen molar-refractivity contribution in [2.45, 2.75) is 90.1 Å². The van der Waals surface area contributed by atoms with Crippen molar-refractivity contribution in [3.8, 4) is 0 Å². The van der Waals surface area contributed by atoms with Crippen LogP contribution in [0.1, 0.15) is 77.2 Å². The quantitative estimate of drug-likeness (QED) is 0.326. The zero-order valence-electron chi connectivity index (χ0n) is 23.8. The van der Waals surface area contributed by atoms with Crippen molar-refractivity contribution in [3.05, 3.63) is 35.9 Å². The Labute approximate surface area is 233 Å². The van der Waals surface area contributed by atoms with E-state index < -0.39 is 17.7 Å². The fraction of sp³-hybridized carbons (Fsp3) is 0.677. The first-order valence-electron chi connectivity index (χ1n) is 15.1. The summed E-state index contributed by atoms with van der Waals surface area (Å²) in [5, 5.41) is 2.76. The summed E-state index contributed by atoms with van der Waals surface area (Å²) in [6.07, 6.45) is 9.91. The van der Waals surface area contributed by atoms with E-state index in [2.05, 4.69) is 31.3 Å². The topological polar surface area (TPSA) is 90.0 Å². The molecule has 8 heteroatoms. The molecule has 2 heterocycles. The van der Waals surface area contributed by atoms with Gasteiger partial charge in [0.25, 0.3) is 0 Å². The van der Waals surface area contributed by atoms with Crippen molar-refractivity contribution in [2.24, 2.45) is 11.8 Å². The SMILES string of the molecule is CC(C)C[C@H]1CN(CCCC[C@@H]2CNC(=O)C(=O)N2CC2CCCCC2)C(=O)C(=O)N1CCc1ccccc1. The van der Waals surface area contributed by atoms with E-state index in [1.807, 2.05) is 23.1 Å². The van der Waals surface area contributed by atoms with E-state index in [1.54, 1.807) is 9.80 Å². The maximum absolute atomic E-state index is 13.2. The first kappa shape index (κ1) is 29.1. The van der Waals surface area contributed by atoms with Gasteiger partial charge >= 0.3 is 23.6 Å². The van der Waals surface area contributed by atoms with E-state index >= 15 is 0 Å². The number of carbonyl (C=O) groups is 4. The lowest BCUT2D eigenvalue weighted by Gasteiger charge is -2.41. The fourth-order valence-electron chi connectivity index (χ4n) is 6.49. The first-order chi connectivity index (χ1) is 18.8. The summed E-state index contributed by atoms with van der Waals surface area (Å²) in [6.45, 7) is 7.15. The zero-order valence-corrected chi connectivity index (χ0v) is 23.8. The molecule has 1 aromatic carbocycles. The van der Waals surface area contributed by atoms with Crippen LogP contribution in [0.2, 0.25) is 0 Å². The number of benzene rings is 1. The number of rotatable bonds is 12. The summed E-state index contributed by atoms with van der Waals surface area (Å²) in [5.74, 6) is -0.778. The van der Waals surface area contributed by atoms with Crippen molar-refractivity contribution >= 4 is 23.6 Å². The van der Waals surface area contributed by atoms with Crippen LogP contribution >= 0.6 is 0 Å². The molecule has 0 radical (unpaired) electrons. The van der Waals surface area contributed by atoms with Gasteiger partial charge in [-0.05, 0) is 62.3 Å². The molecule has 3 aliphatic rings. The van der Waals surface area contributed by atoms with E-state index in [4.69, 9.17) is 0 Å². The summed E-state index contributed by atoms with van der Waals surface area (Å²) in [5.41, 5.74) is 1.17. The Balaban J connectivity index is 1.29. The molecule has 0 bridgehead atoms. The average Bonchev–Trinajstić information content (AvgIpc) is 2.93. The Bertz CT molecular complexity index is 992. The second-order valence-electron chi connectivity index (χ2n) is 12.1. The van der Waals surface area contributed by atoms with Gasteiger partial charge < -0.3 is 20.0 Å². The molecule has 0 unspecified atom stereocenters. The Hall–Kier alpha value is -2.90. The smallest absolute Gasteiger partial charge is 0.312 e. The maximum Gasteiger partial charge on any atom is 0.312 e. The highest BCUT2D eigenvalue weighted by atomic mass is 16.2. The maximum atomic E-state index is 13.2. The predicted octanol–water partition coefficient (Wildman–Crippen LogP) is 3.39. The second-order valence-corrected chi connectivity index (χ2v) is 12.1. The number of piperazine rings is 2. The lowest BCUT2D eigenvalue weighted by molar-refractivity contribution is -0.159. The van der Waals surface area contributed by atoms with Crippen molar-refractivity contribution in [3.63, 3.8) is 0 Å². The third kappa shape index (κ3) is 7.83. The van der Waals surface area contributed by atoms with Crippen molar-refractivity contribution in [2.75, 3.05) is 32.7 Å². The highest BCUT2D eigenvalue weighted by Gasteiger charge is 2.39. The minimum atomic E-state index is -0.493. The normalized spacial score (nSPS) is 23.1. The van der Waals surface area contributed by atoms with Gasteiger partial charge in [0, 0.05) is 38.8 Å². The standard InChI is InChI=1S/C31H46N4O4/c1-23(2)19-27-22-33(30(38)31(39)34(27)18-16-24-11-5-3-6-12-24)17-10-9-15-26-20-32-28(36)29(37)35(26)21-25-13-7-4-8-14-25/h3,5-6,11-12,23,25-27H,4,7-10,13-22H2,1-2H3,(H,32,36)/t26-,27+/m1/s1. The molecule has 4 rings (SSSR count). The molecular weight excluding hydrogens is 492 g/mol. The molecule has 4 amide bonds. The van der Waals surface area contributed by atoms with Gasteiger partial charge in [0.1, 0.15) is 0 Å². The summed E-state index contributed by atoms with van der Waals surface area (Å²) in [4.78, 5) is 56.3. The number of hydrogen-bond donors (Lipinski definition) is 1. The molecule has 1 aromatic rings. The zero-order chi connectivity index (χ0) is 27.8. The van der Waals surface area contributed by atoms with Crippen LogP contribution in [0, 0.1) is 11.8 Å². The number of carbonyl (C=O) groups excluding carboxylic acids is 4. The molecule has 2 saturated heterocycles. The number of nitrogens with zero attached hydrogens (tertiary/aromatic N) is 3. The average molecular weight is 539 g/mol. The summed E-state index contributed by atoms with van der Waals surface area (Å²) < 4.78 is 0. The van der Waals surface area contributed by atoms with Gasteiger partial charge in [0.2, 0.25) is 0 Å². The van der Waals surface area contributed by atoms with E-state index in [1.165, 1.54) is 24.8 Å². The number of amides is 4. The molecule has 39 heavy (non-hydrogen) atoms. The number of nitrogens with one attached hydrogen (secondary N) is 1. The van der Waals surface area contributed by atoms with Crippen molar-refractivity contribution < 1.29 is 19.2 Å². The van der Waals surface area contributed by atoms with Gasteiger partial charge in [-0.15, -0.1) is 0 Å². The molecule has 0 spiro atoms. The van der Waals surface area contributed by atoms with Crippen LogP contribution in [0.25, 0.3) is 0 Å². The van der Waals surface area contributed by atoms with Gasteiger partial charge in [-0.3, -0.25) is 19.2 Å². The lowest BCUT2D eigenvalue weighted by Crippen LogP contribution is -2.60. The molecular formula is C31H46N4O4. The van der Waals surface area contributed by atoms with Crippen molar-refractivity contribution in [1.82, 2.24) is 20.0 Å². The molecule has 8 nitrogen and oxygen atoms in total. The van der Waals surface area contributed by atoms with E-state index in [-0.39, 0.29) is 18.0 Å². The van der Waals surface area contributed by atoms with Crippen LogP contribution in [-0.2, 0) is 25.6 Å². The van der Waals surface area contributed by atoms with E-state index in [9.17, 15) is 19.2 Å². The Morgan fingerprint density at radius 1 is 0.846 bits per heavy atom. The van der Waals surface area contributed by atoms with E-state index in [0.29, 0.717) is 44.6 Å². The van der Waals surface area contributed by atoms with Gasteiger partial charge in [-0.25, -0.2) is 0 Å². The van der Waals surface area contributed by atoms with Crippen LogP contribution in [0.3, 0.4) is 0 Å². The first-order valence-corrected chi connectivity index (χ1v) is 15.1. The van der Waals surface area contributed by atoms with E-state index in [0.717, 1.165) is 44.9 Å². The predicted molar refractivity (Wildman–Crippen MR) is 151 cm³/mol. The van der Waals surface area contributed by atoms with Crippen LogP contribution in [0.4, 0.5) is 0 Å². The minimum Gasteiger partial charge on any atom is -0.346 e.